The van der Waals surface area contributed by atoms with Crippen LogP contribution in [0, 0.1) is 12.3 Å². The fourth-order valence-corrected chi connectivity index (χ4v) is 3.11. The first-order chi connectivity index (χ1) is 9.59. The SMILES string of the molecule is C#CC(C)(c1ccccc1)N(C(=O)O)C1CCCCC1. The van der Waals surface area contributed by atoms with Crippen LogP contribution in [0.2, 0.25) is 0 Å². The van der Waals surface area contributed by atoms with Gasteiger partial charge in [0.2, 0.25) is 0 Å². The third-order valence-electron chi connectivity index (χ3n) is 4.24. The van der Waals surface area contributed by atoms with Crippen molar-refractivity contribution in [3.63, 3.8) is 0 Å². The lowest BCUT2D eigenvalue weighted by atomic mass is 9.86. The Kier molecular flexibility index (Phi) is 4.34. The average Bonchev–Trinajstić information content (AvgIpc) is 2.49. The normalized spacial score (nSPS) is 18.8. The molecule has 0 bridgehead atoms. The summed E-state index contributed by atoms with van der Waals surface area (Å²) in [5, 5.41) is 9.68. The van der Waals surface area contributed by atoms with Gasteiger partial charge >= 0.3 is 6.09 Å². The van der Waals surface area contributed by atoms with E-state index < -0.39 is 11.6 Å². The van der Waals surface area contributed by atoms with Crippen LogP contribution in [0.4, 0.5) is 4.79 Å². The van der Waals surface area contributed by atoms with E-state index in [1.807, 2.05) is 37.3 Å². The Labute approximate surface area is 120 Å². The van der Waals surface area contributed by atoms with Crippen molar-refractivity contribution < 1.29 is 9.90 Å². The van der Waals surface area contributed by atoms with Crippen molar-refractivity contribution in [1.82, 2.24) is 4.90 Å². The molecule has 3 heteroatoms. The third kappa shape index (κ3) is 2.65. The average molecular weight is 271 g/mol. The van der Waals surface area contributed by atoms with Crippen LogP contribution in [0.3, 0.4) is 0 Å². The predicted octanol–water partition coefficient (Wildman–Crippen LogP) is 3.85. The van der Waals surface area contributed by atoms with E-state index in [2.05, 4.69) is 5.92 Å². The largest absolute Gasteiger partial charge is 0.465 e. The van der Waals surface area contributed by atoms with Crippen LogP contribution in [-0.2, 0) is 5.54 Å². The van der Waals surface area contributed by atoms with E-state index in [1.54, 1.807) is 0 Å². The molecule has 106 valence electrons. The lowest BCUT2D eigenvalue weighted by Crippen LogP contribution is -2.52. The highest BCUT2D eigenvalue weighted by atomic mass is 16.4. The third-order valence-corrected chi connectivity index (χ3v) is 4.24. The molecule has 1 aliphatic rings. The van der Waals surface area contributed by atoms with Crippen molar-refractivity contribution in [3.8, 4) is 12.3 Å². The van der Waals surface area contributed by atoms with E-state index in [0.29, 0.717) is 0 Å². The highest BCUT2D eigenvalue weighted by molar-refractivity contribution is 5.68. The van der Waals surface area contributed by atoms with Crippen molar-refractivity contribution in [3.05, 3.63) is 35.9 Å². The highest BCUT2D eigenvalue weighted by Gasteiger charge is 2.40. The maximum atomic E-state index is 11.8. The first-order valence-electron chi connectivity index (χ1n) is 7.15. The van der Waals surface area contributed by atoms with Gasteiger partial charge in [0.25, 0.3) is 0 Å². The van der Waals surface area contributed by atoms with Crippen LogP contribution >= 0.6 is 0 Å². The first-order valence-corrected chi connectivity index (χ1v) is 7.15. The summed E-state index contributed by atoms with van der Waals surface area (Å²) in [4.78, 5) is 13.3. The van der Waals surface area contributed by atoms with Gasteiger partial charge in [-0.05, 0) is 25.3 Å². The number of benzene rings is 1. The standard InChI is InChI=1S/C17H21NO2/c1-3-17(2,14-10-6-4-7-11-14)18(16(19)20)15-12-8-5-9-13-15/h1,4,6-7,10-11,15H,5,8-9,12-13H2,2H3,(H,19,20). The first kappa shape index (κ1) is 14.5. The molecule has 0 spiro atoms. The molecule has 0 aliphatic heterocycles. The Morgan fingerprint density at radius 3 is 2.40 bits per heavy atom. The van der Waals surface area contributed by atoms with Gasteiger partial charge in [-0.15, -0.1) is 6.42 Å². The van der Waals surface area contributed by atoms with Gasteiger partial charge in [-0.3, -0.25) is 4.90 Å². The van der Waals surface area contributed by atoms with Crippen LogP contribution in [0.15, 0.2) is 30.3 Å². The molecule has 2 rings (SSSR count). The van der Waals surface area contributed by atoms with Crippen LogP contribution in [0.25, 0.3) is 0 Å². The molecule has 1 aromatic rings. The van der Waals surface area contributed by atoms with Crippen molar-refractivity contribution in [2.75, 3.05) is 0 Å². The Balaban J connectivity index is 2.40. The van der Waals surface area contributed by atoms with Crippen LogP contribution in [0.5, 0.6) is 0 Å². The summed E-state index contributed by atoms with van der Waals surface area (Å²) in [6, 6.07) is 9.52. The lowest BCUT2D eigenvalue weighted by molar-refractivity contribution is 0.0640. The van der Waals surface area contributed by atoms with Crippen molar-refractivity contribution in [2.24, 2.45) is 0 Å². The summed E-state index contributed by atoms with van der Waals surface area (Å²) in [6.45, 7) is 1.82. The molecule has 1 unspecified atom stereocenters. The Morgan fingerprint density at radius 2 is 1.90 bits per heavy atom. The zero-order valence-electron chi connectivity index (χ0n) is 11.9. The van der Waals surface area contributed by atoms with E-state index in [1.165, 1.54) is 11.3 Å². The van der Waals surface area contributed by atoms with Crippen molar-refractivity contribution in [1.29, 1.82) is 0 Å². The van der Waals surface area contributed by atoms with E-state index >= 15 is 0 Å². The maximum absolute atomic E-state index is 11.8. The number of carboxylic acid groups (broad SMARTS) is 1. The zero-order valence-corrected chi connectivity index (χ0v) is 11.9. The number of terminal acetylenes is 1. The molecule has 0 heterocycles. The molecule has 1 fully saturated rings. The minimum absolute atomic E-state index is 0.0162. The Morgan fingerprint density at radius 1 is 1.30 bits per heavy atom. The summed E-state index contributed by atoms with van der Waals surface area (Å²) in [6.07, 6.45) is 9.93. The molecule has 0 radical (unpaired) electrons. The summed E-state index contributed by atoms with van der Waals surface area (Å²) >= 11 is 0. The fourth-order valence-electron chi connectivity index (χ4n) is 3.11. The minimum Gasteiger partial charge on any atom is -0.465 e. The van der Waals surface area contributed by atoms with Crippen LogP contribution in [0.1, 0.15) is 44.6 Å². The molecule has 0 aromatic heterocycles. The highest BCUT2D eigenvalue weighted by Crippen LogP contribution is 2.34. The molecule has 1 N–H and O–H groups in total. The second kappa shape index (κ2) is 6.00. The maximum Gasteiger partial charge on any atom is 0.409 e. The van der Waals surface area contributed by atoms with Crippen LogP contribution in [-0.4, -0.2) is 22.1 Å². The topological polar surface area (TPSA) is 40.5 Å². The monoisotopic (exact) mass is 271 g/mol. The van der Waals surface area contributed by atoms with Crippen molar-refractivity contribution in [2.45, 2.75) is 50.6 Å². The van der Waals surface area contributed by atoms with Crippen molar-refractivity contribution >= 4 is 6.09 Å². The Bertz CT molecular complexity index is 499. The van der Waals surface area contributed by atoms with Gasteiger partial charge in [0.15, 0.2) is 0 Å². The number of carbonyl (C=O) groups is 1. The summed E-state index contributed by atoms with van der Waals surface area (Å²) in [7, 11) is 0. The van der Waals surface area contributed by atoms with E-state index in [-0.39, 0.29) is 6.04 Å². The van der Waals surface area contributed by atoms with Crippen LogP contribution < -0.4 is 0 Å². The summed E-state index contributed by atoms with van der Waals surface area (Å²) in [5.41, 5.74) is -0.0507. The number of nitrogens with zero attached hydrogens (tertiary/aromatic N) is 1. The second-order valence-corrected chi connectivity index (χ2v) is 5.53. The predicted molar refractivity (Wildman–Crippen MR) is 79.4 cm³/mol. The smallest absolute Gasteiger partial charge is 0.409 e. The van der Waals surface area contributed by atoms with Gasteiger partial charge in [-0.1, -0.05) is 55.5 Å². The second-order valence-electron chi connectivity index (χ2n) is 5.53. The molecular formula is C17H21NO2. The van der Waals surface area contributed by atoms with Gasteiger partial charge in [0.1, 0.15) is 5.54 Å². The van der Waals surface area contributed by atoms with E-state index in [4.69, 9.17) is 6.42 Å². The molecular weight excluding hydrogens is 250 g/mol. The van der Waals surface area contributed by atoms with Gasteiger partial charge in [-0.25, -0.2) is 4.79 Å². The van der Waals surface area contributed by atoms with E-state index in [0.717, 1.165) is 31.2 Å². The minimum atomic E-state index is -0.929. The molecule has 1 amide bonds. The quantitative estimate of drug-likeness (QED) is 0.848. The van der Waals surface area contributed by atoms with Gasteiger partial charge in [0, 0.05) is 6.04 Å². The lowest BCUT2D eigenvalue weighted by Gasteiger charge is -2.42. The van der Waals surface area contributed by atoms with Gasteiger partial charge < -0.3 is 5.11 Å². The molecule has 3 nitrogen and oxygen atoms in total. The van der Waals surface area contributed by atoms with Gasteiger partial charge in [-0.2, -0.15) is 0 Å². The molecule has 1 atom stereocenters. The summed E-state index contributed by atoms with van der Waals surface area (Å²) < 4.78 is 0. The Hall–Kier alpha value is -1.95. The number of hydrogen-bond acceptors (Lipinski definition) is 1. The van der Waals surface area contributed by atoms with Gasteiger partial charge in [0.05, 0.1) is 0 Å². The molecule has 0 saturated heterocycles. The number of rotatable bonds is 3. The van der Waals surface area contributed by atoms with E-state index in [9.17, 15) is 9.90 Å². The molecule has 1 saturated carbocycles. The molecule has 20 heavy (non-hydrogen) atoms. The summed E-state index contributed by atoms with van der Waals surface area (Å²) in [5.74, 6) is 2.72. The number of amides is 1. The fraction of sp³-hybridized carbons (Fsp3) is 0.471. The molecule has 1 aromatic carbocycles. The zero-order chi connectivity index (χ0) is 14.6. The number of hydrogen-bond donors (Lipinski definition) is 1. The molecule has 1 aliphatic carbocycles.